The van der Waals surface area contributed by atoms with E-state index >= 15 is 0 Å². The van der Waals surface area contributed by atoms with Gasteiger partial charge < -0.3 is 5.32 Å². The highest BCUT2D eigenvalue weighted by molar-refractivity contribution is 7.90. The molecule has 2 heterocycles. The van der Waals surface area contributed by atoms with E-state index in [9.17, 15) is 9.00 Å². The summed E-state index contributed by atoms with van der Waals surface area (Å²) >= 11 is 0. The zero-order chi connectivity index (χ0) is 12.5. The van der Waals surface area contributed by atoms with E-state index in [1.54, 1.807) is 6.08 Å². The van der Waals surface area contributed by atoms with E-state index in [1.165, 1.54) is 6.08 Å². The van der Waals surface area contributed by atoms with Gasteiger partial charge in [0.15, 0.2) is 5.78 Å². The van der Waals surface area contributed by atoms with Crippen LogP contribution in [0.1, 0.15) is 19.3 Å². The smallest absolute Gasteiger partial charge is 0.165 e. The van der Waals surface area contributed by atoms with Gasteiger partial charge in [0.1, 0.15) is 0 Å². The van der Waals surface area contributed by atoms with Gasteiger partial charge in [-0.2, -0.15) is 0 Å². The Morgan fingerprint density at radius 3 is 2.41 bits per heavy atom. The number of carbonyl (C=O) groups is 1. The Kier molecular flexibility index (Phi) is 3.45. The van der Waals surface area contributed by atoms with Crippen LogP contribution in [-0.2, 0) is 15.6 Å². The molecule has 0 radical (unpaired) electrons. The highest BCUT2D eigenvalue weighted by Crippen LogP contribution is 2.39. The number of nitrogens with one attached hydrogen (secondary N) is 1. The Balaban J connectivity index is 2.47. The Morgan fingerprint density at radius 1 is 1.24 bits per heavy atom. The van der Waals surface area contributed by atoms with Crippen molar-refractivity contribution in [3.63, 3.8) is 0 Å². The molecular weight excluding hydrogens is 234 g/mol. The van der Waals surface area contributed by atoms with Crippen LogP contribution in [-0.4, -0.2) is 27.8 Å². The number of ketones is 1. The summed E-state index contributed by atoms with van der Waals surface area (Å²) < 4.78 is 12.2. The first-order valence-corrected chi connectivity index (χ1v) is 6.94. The van der Waals surface area contributed by atoms with Crippen LogP contribution in [0, 0.1) is 0 Å². The van der Waals surface area contributed by atoms with Gasteiger partial charge in [0.2, 0.25) is 0 Å². The molecule has 4 heteroatoms. The highest BCUT2D eigenvalue weighted by atomic mass is 32.2. The third kappa shape index (κ3) is 1.96. The molecule has 0 aromatic heterocycles. The molecule has 0 bridgehead atoms. The summed E-state index contributed by atoms with van der Waals surface area (Å²) in [6, 6.07) is 0. The van der Waals surface area contributed by atoms with E-state index in [4.69, 9.17) is 0 Å². The van der Waals surface area contributed by atoms with Gasteiger partial charge in [-0.05, 0) is 25.9 Å². The monoisotopic (exact) mass is 251 g/mol. The topological polar surface area (TPSA) is 46.2 Å². The zero-order valence-corrected chi connectivity index (χ0v) is 10.6. The highest BCUT2D eigenvalue weighted by Gasteiger charge is 2.45. The molecule has 0 aliphatic carbocycles. The molecule has 2 aliphatic heterocycles. The predicted molar refractivity (Wildman–Crippen MR) is 70.0 cm³/mol. The average Bonchev–Trinajstić information content (AvgIpc) is 2.34. The molecular formula is C13H17NO2S. The van der Waals surface area contributed by atoms with E-state index in [2.05, 4.69) is 18.5 Å². The lowest BCUT2D eigenvalue weighted by Crippen LogP contribution is -2.49. The van der Waals surface area contributed by atoms with Crippen molar-refractivity contribution in [2.24, 2.45) is 0 Å². The number of hydrogen-bond acceptors (Lipinski definition) is 3. The Labute approximate surface area is 104 Å². The van der Waals surface area contributed by atoms with Crippen LogP contribution < -0.4 is 5.32 Å². The molecule has 2 aliphatic rings. The van der Waals surface area contributed by atoms with E-state index in [1.807, 2.05) is 0 Å². The summed E-state index contributed by atoms with van der Waals surface area (Å²) in [4.78, 5) is 12.6. The maximum absolute atomic E-state index is 12.6. The standard InChI is InChI=1S/C13H17NO2S/c1-3-10-11(15)9-13(5-7-14-8-6-13)17(16)12(10)4-2/h3-4,14H,1-2,5-9H2. The Hall–Kier alpha value is -1.00. The van der Waals surface area contributed by atoms with Crippen molar-refractivity contribution in [2.45, 2.75) is 24.0 Å². The number of hydrogen-bond donors (Lipinski definition) is 1. The molecule has 0 saturated carbocycles. The fraction of sp³-hybridized carbons (Fsp3) is 0.462. The number of carbonyl (C=O) groups excluding carboxylic acids is 1. The summed E-state index contributed by atoms with van der Waals surface area (Å²) in [6.45, 7) is 8.96. The largest absolute Gasteiger partial charge is 0.317 e. The van der Waals surface area contributed by atoms with Gasteiger partial charge in [-0.25, -0.2) is 0 Å². The van der Waals surface area contributed by atoms with Gasteiger partial charge in [0.25, 0.3) is 0 Å². The third-order valence-corrected chi connectivity index (χ3v) is 5.67. The first kappa shape index (κ1) is 12.5. The van der Waals surface area contributed by atoms with E-state index in [-0.39, 0.29) is 10.5 Å². The molecule has 1 N–H and O–H groups in total. The lowest BCUT2D eigenvalue weighted by molar-refractivity contribution is -0.116. The fourth-order valence-electron chi connectivity index (χ4n) is 2.57. The minimum Gasteiger partial charge on any atom is -0.317 e. The van der Waals surface area contributed by atoms with Gasteiger partial charge in [-0.15, -0.1) is 0 Å². The Bertz CT molecular complexity index is 431. The summed E-state index contributed by atoms with van der Waals surface area (Å²) in [5.41, 5.74) is 0.488. The van der Waals surface area contributed by atoms with Crippen molar-refractivity contribution in [1.29, 1.82) is 0 Å². The molecule has 1 unspecified atom stereocenters. The average molecular weight is 251 g/mol. The van der Waals surface area contributed by atoms with Crippen LogP contribution >= 0.6 is 0 Å². The van der Waals surface area contributed by atoms with Crippen molar-refractivity contribution < 1.29 is 9.00 Å². The maximum Gasteiger partial charge on any atom is 0.165 e. The second-order valence-corrected chi connectivity index (χ2v) is 6.33. The number of rotatable bonds is 2. The van der Waals surface area contributed by atoms with Crippen LogP contribution in [0.2, 0.25) is 0 Å². The Morgan fingerprint density at radius 2 is 1.88 bits per heavy atom. The molecule has 1 atom stereocenters. The van der Waals surface area contributed by atoms with Gasteiger partial charge in [-0.3, -0.25) is 9.00 Å². The first-order chi connectivity index (χ1) is 8.14. The van der Waals surface area contributed by atoms with Crippen molar-refractivity contribution in [3.8, 4) is 0 Å². The van der Waals surface area contributed by atoms with Crippen LogP contribution in [0.5, 0.6) is 0 Å². The summed E-state index contributed by atoms with van der Waals surface area (Å²) in [6.07, 6.45) is 5.00. The number of Topliss-reactive ketones (excluding diaryl/α,β-unsaturated/α-hetero) is 1. The van der Waals surface area contributed by atoms with Gasteiger partial charge >= 0.3 is 0 Å². The van der Waals surface area contributed by atoms with Crippen molar-refractivity contribution >= 4 is 16.6 Å². The van der Waals surface area contributed by atoms with E-state index < -0.39 is 10.8 Å². The molecule has 92 valence electrons. The SMILES string of the molecule is C=CC1=C(C=C)S(=O)C2(CCNCC2)CC1=O. The minimum absolute atomic E-state index is 0.0522. The van der Waals surface area contributed by atoms with Gasteiger partial charge in [0.05, 0.1) is 15.5 Å². The minimum atomic E-state index is -1.14. The van der Waals surface area contributed by atoms with Crippen LogP contribution in [0.25, 0.3) is 0 Å². The lowest BCUT2D eigenvalue weighted by atomic mass is 9.88. The van der Waals surface area contributed by atoms with Crippen molar-refractivity contribution in [3.05, 3.63) is 35.8 Å². The van der Waals surface area contributed by atoms with Crippen molar-refractivity contribution in [1.82, 2.24) is 5.32 Å². The van der Waals surface area contributed by atoms with Crippen LogP contribution in [0.15, 0.2) is 35.8 Å². The van der Waals surface area contributed by atoms with Crippen LogP contribution in [0.4, 0.5) is 0 Å². The first-order valence-electron chi connectivity index (χ1n) is 5.79. The summed E-state index contributed by atoms with van der Waals surface area (Å²) in [5.74, 6) is 0.0522. The van der Waals surface area contributed by atoms with Crippen LogP contribution in [0.3, 0.4) is 0 Å². The summed E-state index contributed by atoms with van der Waals surface area (Å²) in [5, 5.41) is 3.24. The summed E-state index contributed by atoms with van der Waals surface area (Å²) in [7, 11) is -1.14. The maximum atomic E-state index is 12.6. The quantitative estimate of drug-likeness (QED) is 0.808. The molecule has 17 heavy (non-hydrogen) atoms. The van der Waals surface area contributed by atoms with E-state index in [0.29, 0.717) is 16.9 Å². The zero-order valence-electron chi connectivity index (χ0n) is 9.83. The van der Waals surface area contributed by atoms with E-state index in [0.717, 1.165) is 25.9 Å². The predicted octanol–water partition coefficient (Wildman–Crippen LogP) is 1.46. The molecule has 3 nitrogen and oxygen atoms in total. The molecule has 1 spiro atoms. The van der Waals surface area contributed by atoms with Gasteiger partial charge in [-0.1, -0.05) is 25.3 Å². The molecule has 1 saturated heterocycles. The molecule has 0 amide bonds. The molecule has 2 rings (SSSR count). The normalized spacial score (nSPS) is 28.2. The molecule has 1 fully saturated rings. The third-order valence-electron chi connectivity index (χ3n) is 3.55. The number of allylic oxidation sites excluding steroid dienone is 3. The molecule has 0 aromatic carbocycles. The number of piperidine rings is 1. The van der Waals surface area contributed by atoms with Gasteiger partial charge in [0, 0.05) is 16.9 Å². The fourth-order valence-corrected chi connectivity index (χ4v) is 4.42. The van der Waals surface area contributed by atoms with Crippen molar-refractivity contribution in [2.75, 3.05) is 13.1 Å². The second kappa shape index (κ2) is 4.70. The lowest BCUT2D eigenvalue weighted by Gasteiger charge is -2.39. The second-order valence-electron chi connectivity index (χ2n) is 4.49. The molecule has 0 aromatic rings.